The maximum atomic E-state index is 12.2. The van der Waals surface area contributed by atoms with Gasteiger partial charge in [0.1, 0.15) is 0 Å². The van der Waals surface area contributed by atoms with Crippen LogP contribution in [0.5, 0.6) is 0 Å². The zero-order valence-corrected chi connectivity index (χ0v) is 13.6. The third-order valence-electron chi connectivity index (χ3n) is 5.64. The molecular formula is C15H26N2O3S. The van der Waals surface area contributed by atoms with Crippen molar-refractivity contribution in [1.82, 2.24) is 9.62 Å². The molecule has 1 heterocycles. The maximum Gasteiger partial charge on any atom is 0.237 e. The van der Waals surface area contributed by atoms with Gasteiger partial charge in [0.25, 0.3) is 0 Å². The van der Waals surface area contributed by atoms with Crippen molar-refractivity contribution in [2.75, 3.05) is 19.3 Å². The Balaban J connectivity index is 1.54. The summed E-state index contributed by atoms with van der Waals surface area (Å²) in [5, 5.41) is 0. The largest absolute Gasteiger partial charge is 0.339 e. The minimum atomic E-state index is -3.29. The van der Waals surface area contributed by atoms with E-state index in [1.807, 2.05) is 4.90 Å². The minimum Gasteiger partial charge on any atom is -0.339 e. The summed E-state index contributed by atoms with van der Waals surface area (Å²) < 4.78 is 24.6. The van der Waals surface area contributed by atoms with Crippen LogP contribution in [0.4, 0.5) is 0 Å². The van der Waals surface area contributed by atoms with Gasteiger partial charge in [-0.1, -0.05) is 6.42 Å². The lowest BCUT2D eigenvalue weighted by Crippen LogP contribution is -2.43. The quantitative estimate of drug-likeness (QED) is 0.833. The number of carbonyl (C=O) groups is 1. The topological polar surface area (TPSA) is 66.5 Å². The molecule has 1 amide bonds. The lowest BCUT2D eigenvalue weighted by Gasteiger charge is -2.30. The van der Waals surface area contributed by atoms with E-state index in [1.165, 1.54) is 25.7 Å². The average molecular weight is 314 g/mol. The molecule has 2 saturated carbocycles. The van der Waals surface area contributed by atoms with Crippen LogP contribution >= 0.6 is 0 Å². The molecule has 0 aromatic carbocycles. The van der Waals surface area contributed by atoms with E-state index in [0.29, 0.717) is 6.04 Å². The number of fused-ring (bicyclic) bond motifs is 2. The van der Waals surface area contributed by atoms with Crippen molar-refractivity contribution >= 4 is 15.9 Å². The Labute approximate surface area is 127 Å². The zero-order chi connectivity index (χ0) is 15.0. The van der Waals surface area contributed by atoms with E-state index >= 15 is 0 Å². The molecule has 6 heteroatoms. The molecular weight excluding hydrogens is 288 g/mol. The van der Waals surface area contributed by atoms with Crippen LogP contribution in [0.3, 0.4) is 0 Å². The van der Waals surface area contributed by atoms with Gasteiger partial charge in [-0.2, -0.15) is 0 Å². The lowest BCUT2D eigenvalue weighted by molar-refractivity contribution is -0.131. The second kappa shape index (κ2) is 5.88. The molecule has 4 atom stereocenters. The van der Waals surface area contributed by atoms with Crippen LogP contribution in [0.1, 0.15) is 44.9 Å². The molecule has 2 aliphatic carbocycles. The summed E-state index contributed by atoms with van der Waals surface area (Å²) in [5.74, 6) is 2.57. The van der Waals surface area contributed by atoms with Gasteiger partial charge in [0.15, 0.2) is 0 Å². The molecule has 3 fully saturated rings. The van der Waals surface area contributed by atoms with Crippen LogP contribution in [0.15, 0.2) is 0 Å². The first-order valence-electron chi connectivity index (χ1n) is 8.16. The van der Waals surface area contributed by atoms with Gasteiger partial charge in [0, 0.05) is 12.6 Å². The second-order valence-corrected chi connectivity index (χ2v) is 8.98. The van der Waals surface area contributed by atoms with E-state index in [9.17, 15) is 13.2 Å². The fourth-order valence-electron chi connectivity index (χ4n) is 4.72. The molecule has 21 heavy (non-hydrogen) atoms. The SMILES string of the molecule is CS(=O)(=O)NCC(=O)N1CCC[C@H]1C[C@@H]1C[C@H]2CC[C@H]1C2. The molecule has 1 N–H and O–H groups in total. The van der Waals surface area contributed by atoms with Crippen molar-refractivity contribution in [3.8, 4) is 0 Å². The van der Waals surface area contributed by atoms with Crippen LogP contribution in [0.25, 0.3) is 0 Å². The molecule has 2 bridgehead atoms. The van der Waals surface area contributed by atoms with Gasteiger partial charge in [0.05, 0.1) is 12.8 Å². The van der Waals surface area contributed by atoms with E-state index in [-0.39, 0.29) is 12.5 Å². The van der Waals surface area contributed by atoms with Crippen molar-refractivity contribution in [2.45, 2.75) is 51.0 Å². The number of sulfonamides is 1. The first-order chi connectivity index (χ1) is 9.92. The summed E-state index contributed by atoms with van der Waals surface area (Å²) in [7, 11) is -3.29. The van der Waals surface area contributed by atoms with Crippen molar-refractivity contribution in [3.05, 3.63) is 0 Å². The molecule has 1 saturated heterocycles. The summed E-state index contributed by atoms with van der Waals surface area (Å²) in [6.45, 7) is 0.696. The highest BCUT2D eigenvalue weighted by Gasteiger charge is 2.41. The fourth-order valence-corrected chi connectivity index (χ4v) is 5.10. The summed E-state index contributed by atoms with van der Waals surface area (Å²) in [6, 6.07) is 0.336. The van der Waals surface area contributed by atoms with Gasteiger partial charge in [-0.25, -0.2) is 13.1 Å². The van der Waals surface area contributed by atoms with E-state index < -0.39 is 10.0 Å². The Kier molecular flexibility index (Phi) is 4.28. The van der Waals surface area contributed by atoms with Gasteiger partial charge in [0.2, 0.25) is 15.9 Å². The highest BCUT2D eigenvalue weighted by molar-refractivity contribution is 7.88. The molecule has 0 aromatic heterocycles. The van der Waals surface area contributed by atoms with E-state index in [0.717, 1.165) is 49.8 Å². The first-order valence-corrected chi connectivity index (χ1v) is 10.1. The highest BCUT2D eigenvalue weighted by Crippen LogP contribution is 2.50. The second-order valence-electron chi connectivity index (χ2n) is 7.15. The molecule has 0 aromatic rings. The van der Waals surface area contributed by atoms with Crippen LogP contribution in [-0.2, 0) is 14.8 Å². The predicted molar refractivity (Wildman–Crippen MR) is 81.1 cm³/mol. The van der Waals surface area contributed by atoms with Crippen molar-refractivity contribution in [3.63, 3.8) is 0 Å². The molecule has 1 aliphatic heterocycles. The monoisotopic (exact) mass is 314 g/mol. The average Bonchev–Trinajstić information content (AvgIpc) is 3.11. The summed E-state index contributed by atoms with van der Waals surface area (Å²) in [4.78, 5) is 14.2. The van der Waals surface area contributed by atoms with Crippen LogP contribution in [-0.4, -0.2) is 44.6 Å². The summed E-state index contributed by atoms with van der Waals surface area (Å²) in [5.41, 5.74) is 0. The molecule has 3 aliphatic rings. The van der Waals surface area contributed by atoms with Crippen molar-refractivity contribution in [2.24, 2.45) is 17.8 Å². The van der Waals surface area contributed by atoms with Crippen molar-refractivity contribution < 1.29 is 13.2 Å². The number of carbonyl (C=O) groups excluding carboxylic acids is 1. The standard InChI is InChI=1S/C15H26N2O3S/c1-21(19,20)16-10-15(18)17-6-2-3-14(17)9-13-8-11-4-5-12(13)7-11/h11-14,16H,2-10H2,1H3/t11-,12-,13-,14-/m0/s1. The lowest BCUT2D eigenvalue weighted by atomic mass is 9.83. The Morgan fingerprint density at radius 3 is 2.67 bits per heavy atom. The van der Waals surface area contributed by atoms with E-state index in [1.54, 1.807) is 0 Å². The number of hydrogen-bond donors (Lipinski definition) is 1. The fraction of sp³-hybridized carbons (Fsp3) is 0.933. The minimum absolute atomic E-state index is 0.0638. The highest BCUT2D eigenvalue weighted by atomic mass is 32.2. The van der Waals surface area contributed by atoms with E-state index in [4.69, 9.17) is 0 Å². The van der Waals surface area contributed by atoms with Gasteiger partial charge < -0.3 is 4.90 Å². The first kappa shape index (κ1) is 15.3. The van der Waals surface area contributed by atoms with E-state index in [2.05, 4.69) is 4.72 Å². The van der Waals surface area contributed by atoms with Crippen molar-refractivity contribution in [1.29, 1.82) is 0 Å². The Morgan fingerprint density at radius 2 is 2.05 bits per heavy atom. The maximum absolute atomic E-state index is 12.2. The number of rotatable bonds is 5. The number of amides is 1. The van der Waals surface area contributed by atoms with Gasteiger partial charge in [-0.3, -0.25) is 4.79 Å². The predicted octanol–water partition coefficient (Wildman–Crippen LogP) is 1.35. The van der Waals surface area contributed by atoms with Gasteiger partial charge >= 0.3 is 0 Å². The molecule has 3 rings (SSSR count). The number of nitrogens with zero attached hydrogens (tertiary/aromatic N) is 1. The van der Waals surface area contributed by atoms with Gasteiger partial charge in [-0.05, 0) is 56.3 Å². The van der Waals surface area contributed by atoms with Crippen LogP contribution < -0.4 is 4.72 Å². The number of likely N-dealkylation sites (tertiary alicyclic amines) is 1. The Hall–Kier alpha value is -0.620. The third-order valence-corrected chi connectivity index (χ3v) is 6.31. The van der Waals surface area contributed by atoms with Gasteiger partial charge in [-0.15, -0.1) is 0 Å². The molecule has 120 valence electrons. The third kappa shape index (κ3) is 3.59. The smallest absolute Gasteiger partial charge is 0.237 e. The zero-order valence-electron chi connectivity index (χ0n) is 12.8. The Morgan fingerprint density at radius 1 is 1.24 bits per heavy atom. The number of nitrogens with one attached hydrogen (secondary N) is 1. The van der Waals surface area contributed by atoms with Crippen LogP contribution in [0.2, 0.25) is 0 Å². The summed E-state index contributed by atoms with van der Waals surface area (Å²) >= 11 is 0. The molecule has 0 radical (unpaired) electrons. The normalized spacial score (nSPS) is 35.6. The summed E-state index contributed by atoms with van der Waals surface area (Å²) in [6.07, 6.45) is 9.90. The molecule has 0 spiro atoms. The van der Waals surface area contributed by atoms with Crippen LogP contribution in [0, 0.1) is 17.8 Å². The number of hydrogen-bond acceptors (Lipinski definition) is 3. The Bertz CT molecular complexity index is 505. The molecule has 5 nitrogen and oxygen atoms in total. The molecule has 0 unspecified atom stereocenters.